The predicted octanol–water partition coefficient (Wildman–Crippen LogP) is -1.03. The molecule has 0 radical (unpaired) electrons. The number of sulfonamides is 2. The van der Waals surface area contributed by atoms with Gasteiger partial charge in [0.15, 0.2) is 0 Å². The molecule has 0 aromatic heterocycles. The number of nitrogens with two attached hydrogens (primary N) is 1. The van der Waals surface area contributed by atoms with Gasteiger partial charge in [-0.2, -0.15) is 0 Å². The first-order valence-electron chi connectivity index (χ1n) is 5.65. The number of nitrogens with one attached hydrogen (secondary N) is 2. The van der Waals surface area contributed by atoms with Crippen molar-refractivity contribution in [3.8, 4) is 0 Å². The summed E-state index contributed by atoms with van der Waals surface area (Å²) in [6, 6.07) is 5.05. The molecular formula is C10H15N3O4S2. The fraction of sp³-hybridized carbons (Fsp3) is 0.400. The van der Waals surface area contributed by atoms with Gasteiger partial charge in [-0.1, -0.05) is 12.1 Å². The maximum Gasteiger partial charge on any atom is 0.242 e. The smallest absolute Gasteiger partial charge is 0.242 e. The molecule has 0 amide bonds. The van der Waals surface area contributed by atoms with Gasteiger partial charge in [-0.3, -0.25) is 0 Å². The third-order valence-electron chi connectivity index (χ3n) is 2.83. The lowest BCUT2D eigenvalue weighted by Gasteiger charge is -2.14. The molecule has 1 aliphatic rings. The highest BCUT2D eigenvalue weighted by Crippen LogP contribution is 2.19. The zero-order valence-corrected chi connectivity index (χ0v) is 11.7. The van der Waals surface area contributed by atoms with Gasteiger partial charge in [0, 0.05) is 12.6 Å². The number of benzene rings is 1. The van der Waals surface area contributed by atoms with Gasteiger partial charge in [-0.25, -0.2) is 26.7 Å². The lowest BCUT2D eigenvalue weighted by atomic mass is 10.3. The molecule has 1 aromatic rings. The summed E-state index contributed by atoms with van der Waals surface area (Å²) in [6.07, 6.45) is 0.663. The van der Waals surface area contributed by atoms with Crippen LogP contribution in [-0.2, 0) is 20.0 Å². The minimum absolute atomic E-state index is 0.237. The second-order valence-electron chi connectivity index (χ2n) is 4.30. The van der Waals surface area contributed by atoms with Crippen molar-refractivity contribution in [3.63, 3.8) is 0 Å². The van der Waals surface area contributed by atoms with Gasteiger partial charge in [0.25, 0.3) is 0 Å². The van der Waals surface area contributed by atoms with Crippen LogP contribution in [0.25, 0.3) is 0 Å². The molecule has 7 nitrogen and oxygen atoms in total. The summed E-state index contributed by atoms with van der Waals surface area (Å²) in [5.41, 5.74) is 0. The quantitative estimate of drug-likeness (QED) is 0.657. The zero-order chi connectivity index (χ0) is 14.1. The summed E-state index contributed by atoms with van der Waals surface area (Å²) in [5.74, 6) is 0. The normalized spacial score (nSPS) is 20.6. The molecule has 4 N–H and O–H groups in total. The number of primary sulfonamides is 1. The molecule has 0 spiro atoms. The molecule has 1 unspecified atom stereocenters. The Bertz CT molecular complexity index is 664. The van der Waals surface area contributed by atoms with Crippen LogP contribution < -0.4 is 15.2 Å². The first kappa shape index (κ1) is 14.4. The maximum absolute atomic E-state index is 12.2. The molecule has 106 valence electrons. The average molecular weight is 305 g/mol. The summed E-state index contributed by atoms with van der Waals surface area (Å²) in [7, 11) is -7.99. The molecular weight excluding hydrogens is 290 g/mol. The Hall–Kier alpha value is -1.00. The molecule has 9 heteroatoms. The predicted molar refractivity (Wildman–Crippen MR) is 69.4 cm³/mol. The van der Waals surface area contributed by atoms with E-state index in [-0.39, 0.29) is 10.9 Å². The Morgan fingerprint density at radius 3 is 2.32 bits per heavy atom. The Kier molecular flexibility index (Phi) is 3.92. The van der Waals surface area contributed by atoms with E-state index in [4.69, 9.17) is 5.14 Å². The van der Waals surface area contributed by atoms with Gasteiger partial charge >= 0.3 is 0 Å². The van der Waals surface area contributed by atoms with Crippen molar-refractivity contribution in [1.82, 2.24) is 10.0 Å². The van der Waals surface area contributed by atoms with Crippen molar-refractivity contribution >= 4 is 20.0 Å². The Morgan fingerprint density at radius 1 is 1.16 bits per heavy atom. The average Bonchev–Trinajstić information content (AvgIpc) is 2.80. The van der Waals surface area contributed by atoms with Gasteiger partial charge in [0.1, 0.15) is 9.79 Å². The molecule has 0 aliphatic carbocycles. The maximum atomic E-state index is 12.2. The standard InChI is InChI=1S/C10H15N3O4S2/c11-18(14,15)9-3-1-2-4-10(9)19(16,17)13-8-5-6-12-7-8/h1-4,8,12-13H,5-7H2,(H2,11,14,15). The summed E-state index contributed by atoms with van der Waals surface area (Å²) in [5, 5.41) is 8.05. The van der Waals surface area contributed by atoms with E-state index < -0.39 is 24.9 Å². The van der Waals surface area contributed by atoms with E-state index in [1.807, 2.05) is 0 Å². The van der Waals surface area contributed by atoms with Crippen molar-refractivity contribution in [2.75, 3.05) is 13.1 Å². The van der Waals surface area contributed by atoms with Gasteiger partial charge < -0.3 is 5.32 Å². The topological polar surface area (TPSA) is 118 Å². The lowest BCUT2D eigenvalue weighted by molar-refractivity contribution is 0.555. The van der Waals surface area contributed by atoms with E-state index in [9.17, 15) is 16.8 Å². The lowest BCUT2D eigenvalue weighted by Crippen LogP contribution is -2.37. The third-order valence-corrected chi connectivity index (χ3v) is 5.50. The van der Waals surface area contributed by atoms with Crippen molar-refractivity contribution in [2.24, 2.45) is 5.14 Å². The van der Waals surface area contributed by atoms with Crippen molar-refractivity contribution in [3.05, 3.63) is 24.3 Å². The molecule has 1 saturated heterocycles. The number of hydrogen-bond acceptors (Lipinski definition) is 5. The molecule has 1 aliphatic heterocycles. The van der Waals surface area contributed by atoms with Crippen LogP contribution in [0.1, 0.15) is 6.42 Å². The summed E-state index contributed by atoms with van der Waals surface area (Å²) in [6.45, 7) is 1.25. The third kappa shape index (κ3) is 3.31. The minimum atomic E-state index is -4.09. The van der Waals surface area contributed by atoms with E-state index in [0.717, 1.165) is 6.54 Å². The van der Waals surface area contributed by atoms with E-state index in [2.05, 4.69) is 10.0 Å². The van der Waals surface area contributed by atoms with Crippen LogP contribution in [0.15, 0.2) is 34.1 Å². The van der Waals surface area contributed by atoms with Crippen LogP contribution >= 0.6 is 0 Å². The largest absolute Gasteiger partial charge is 0.315 e. The Balaban J connectivity index is 2.40. The summed E-state index contributed by atoms with van der Waals surface area (Å²) < 4.78 is 49.7. The first-order chi connectivity index (χ1) is 8.81. The first-order valence-corrected chi connectivity index (χ1v) is 8.68. The molecule has 1 fully saturated rings. The van der Waals surface area contributed by atoms with E-state index in [1.54, 1.807) is 0 Å². The van der Waals surface area contributed by atoms with Crippen LogP contribution in [0.3, 0.4) is 0 Å². The summed E-state index contributed by atoms with van der Waals surface area (Å²) >= 11 is 0. The molecule has 0 bridgehead atoms. The van der Waals surface area contributed by atoms with Gasteiger partial charge in [-0.05, 0) is 25.1 Å². The van der Waals surface area contributed by atoms with Crippen LogP contribution in [0.5, 0.6) is 0 Å². The van der Waals surface area contributed by atoms with Gasteiger partial charge in [0.2, 0.25) is 20.0 Å². The zero-order valence-electron chi connectivity index (χ0n) is 10.0. The highest BCUT2D eigenvalue weighted by atomic mass is 32.2. The molecule has 2 rings (SSSR count). The highest BCUT2D eigenvalue weighted by molar-refractivity contribution is 7.92. The monoisotopic (exact) mass is 305 g/mol. The summed E-state index contributed by atoms with van der Waals surface area (Å²) in [4.78, 5) is -0.710. The van der Waals surface area contributed by atoms with Crippen LogP contribution in [0, 0.1) is 0 Å². The number of hydrogen-bond donors (Lipinski definition) is 3. The fourth-order valence-corrected chi connectivity index (χ4v) is 4.60. The van der Waals surface area contributed by atoms with Gasteiger partial charge in [-0.15, -0.1) is 0 Å². The van der Waals surface area contributed by atoms with Crippen LogP contribution in [0.2, 0.25) is 0 Å². The second-order valence-corrected chi connectivity index (χ2v) is 7.52. The fourth-order valence-electron chi connectivity index (χ4n) is 1.95. The van der Waals surface area contributed by atoms with E-state index in [1.165, 1.54) is 24.3 Å². The van der Waals surface area contributed by atoms with Crippen molar-refractivity contribution < 1.29 is 16.8 Å². The van der Waals surface area contributed by atoms with E-state index in [0.29, 0.717) is 13.0 Å². The van der Waals surface area contributed by atoms with E-state index >= 15 is 0 Å². The van der Waals surface area contributed by atoms with Crippen molar-refractivity contribution in [1.29, 1.82) is 0 Å². The second kappa shape index (κ2) is 5.17. The van der Waals surface area contributed by atoms with Crippen molar-refractivity contribution in [2.45, 2.75) is 22.3 Å². The van der Waals surface area contributed by atoms with Crippen LogP contribution in [0.4, 0.5) is 0 Å². The molecule has 1 heterocycles. The Morgan fingerprint density at radius 2 is 1.79 bits per heavy atom. The molecule has 1 atom stereocenters. The highest BCUT2D eigenvalue weighted by Gasteiger charge is 2.27. The number of rotatable bonds is 4. The minimum Gasteiger partial charge on any atom is -0.315 e. The van der Waals surface area contributed by atoms with Crippen LogP contribution in [-0.4, -0.2) is 36.0 Å². The molecule has 1 aromatic carbocycles. The SMILES string of the molecule is NS(=O)(=O)c1ccccc1S(=O)(=O)NC1CCNC1. The van der Waals surface area contributed by atoms with Gasteiger partial charge in [0.05, 0.1) is 0 Å². The molecule has 19 heavy (non-hydrogen) atoms. The molecule has 0 saturated carbocycles. The Labute approximate surface area is 112 Å².